The molecule has 2 aliphatic rings. The molecule has 3 aromatic rings. The number of methoxy groups -OCH3 is 1. The van der Waals surface area contributed by atoms with Crippen LogP contribution >= 0.6 is 0 Å². The second-order valence-electron chi connectivity index (χ2n) is 7.02. The van der Waals surface area contributed by atoms with Gasteiger partial charge in [-0.25, -0.2) is 4.79 Å². The minimum atomic E-state index is -0.762. The van der Waals surface area contributed by atoms with Gasteiger partial charge in [-0.1, -0.05) is 6.07 Å². The summed E-state index contributed by atoms with van der Waals surface area (Å²) < 4.78 is 10.6. The molecule has 9 nitrogen and oxygen atoms in total. The van der Waals surface area contributed by atoms with Gasteiger partial charge in [0, 0.05) is 31.4 Å². The predicted octanol–water partition coefficient (Wildman–Crippen LogP) is 2.30. The van der Waals surface area contributed by atoms with E-state index in [4.69, 9.17) is 9.15 Å². The number of ether oxygens (including phenoxy) is 1. The van der Waals surface area contributed by atoms with Gasteiger partial charge >= 0.3 is 6.03 Å². The summed E-state index contributed by atoms with van der Waals surface area (Å²) >= 11 is 0. The van der Waals surface area contributed by atoms with Crippen LogP contribution in [-0.2, 0) is 11.3 Å². The zero-order valence-electron chi connectivity index (χ0n) is 16.7. The molecule has 1 aromatic carbocycles. The molecule has 30 heavy (non-hydrogen) atoms. The Bertz CT molecular complexity index is 1140. The summed E-state index contributed by atoms with van der Waals surface area (Å²) in [6.45, 7) is 2.63. The average molecular weight is 408 g/mol. The average Bonchev–Trinajstić information content (AvgIpc) is 3.38. The number of carbonyl (C=O) groups is 3. The molecular formula is C21H20N4O5. The third-order valence-electron chi connectivity index (χ3n) is 5.05. The highest BCUT2D eigenvalue weighted by molar-refractivity contribution is 6.04. The van der Waals surface area contributed by atoms with Crippen molar-refractivity contribution in [1.29, 1.82) is 0 Å². The van der Waals surface area contributed by atoms with Crippen molar-refractivity contribution in [2.24, 2.45) is 0 Å². The molecular weight excluding hydrogens is 388 g/mol. The number of nitrogens with one attached hydrogen (secondary N) is 2. The fourth-order valence-electron chi connectivity index (χ4n) is 3.57. The quantitative estimate of drug-likeness (QED) is 0.629. The fourth-order valence-corrected chi connectivity index (χ4v) is 3.57. The summed E-state index contributed by atoms with van der Waals surface area (Å²) in [5.41, 5.74) is 4.10. The van der Waals surface area contributed by atoms with E-state index in [1.807, 2.05) is 26.1 Å². The van der Waals surface area contributed by atoms with Gasteiger partial charge in [0.25, 0.3) is 11.8 Å². The number of furan rings is 1. The van der Waals surface area contributed by atoms with E-state index in [-0.39, 0.29) is 5.91 Å². The Kier molecular flexibility index (Phi) is 4.86. The fraction of sp³-hybridized carbons (Fsp3) is 0.238. The summed E-state index contributed by atoms with van der Waals surface area (Å²) in [6.07, 6.45) is 1.63. The summed E-state index contributed by atoms with van der Waals surface area (Å²) in [4.78, 5) is 39.9. The number of imide groups is 1. The summed E-state index contributed by atoms with van der Waals surface area (Å²) in [5, 5.41) is 4.60. The first-order valence-electron chi connectivity index (χ1n) is 9.26. The van der Waals surface area contributed by atoms with Crippen LogP contribution in [0.5, 0.6) is 5.75 Å². The molecule has 0 unspecified atom stereocenters. The number of pyridine rings is 1. The Labute approximate surface area is 172 Å². The van der Waals surface area contributed by atoms with Gasteiger partial charge in [0.15, 0.2) is 11.6 Å². The highest BCUT2D eigenvalue weighted by atomic mass is 16.5. The van der Waals surface area contributed by atoms with Crippen molar-refractivity contribution in [1.82, 2.24) is 20.5 Å². The van der Waals surface area contributed by atoms with Crippen molar-refractivity contribution in [3.05, 3.63) is 59.0 Å². The number of urea groups is 1. The van der Waals surface area contributed by atoms with Crippen molar-refractivity contribution in [3.63, 3.8) is 0 Å². The van der Waals surface area contributed by atoms with Crippen molar-refractivity contribution >= 4 is 28.9 Å². The molecule has 4 amide bonds. The lowest BCUT2D eigenvalue weighted by molar-refractivity contribution is -0.120. The number of carbonyl (C=O) groups excluding carboxylic acids is 3. The van der Waals surface area contributed by atoms with E-state index in [2.05, 4.69) is 15.6 Å². The maximum absolute atomic E-state index is 11.8. The van der Waals surface area contributed by atoms with Gasteiger partial charge < -0.3 is 19.4 Å². The number of fused-ring (bicyclic) bond motifs is 2. The second-order valence-corrected chi connectivity index (χ2v) is 7.02. The second kappa shape index (κ2) is 7.51. The Morgan fingerprint density at radius 2 is 2.03 bits per heavy atom. The molecule has 5 rings (SSSR count). The van der Waals surface area contributed by atoms with Gasteiger partial charge in [-0.15, -0.1) is 0 Å². The maximum atomic E-state index is 11.8. The smallest absolute Gasteiger partial charge is 0.322 e. The summed E-state index contributed by atoms with van der Waals surface area (Å²) in [6, 6.07) is 7.74. The molecule has 0 radical (unpaired) electrons. The van der Waals surface area contributed by atoms with Gasteiger partial charge in [-0.3, -0.25) is 19.9 Å². The first-order valence-corrected chi connectivity index (χ1v) is 9.26. The molecule has 1 fully saturated rings. The zero-order valence-corrected chi connectivity index (χ0v) is 16.7. The van der Waals surface area contributed by atoms with E-state index < -0.39 is 18.0 Å². The van der Waals surface area contributed by atoms with Crippen LogP contribution < -0.4 is 15.4 Å². The van der Waals surface area contributed by atoms with Gasteiger partial charge in [0.05, 0.1) is 12.7 Å². The van der Waals surface area contributed by atoms with Crippen LogP contribution in [0.1, 0.15) is 33.3 Å². The number of benzene rings is 1. The molecule has 0 saturated carbocycles. The molecule has 0 spiro atoms. The molecule has 0 aliphatic carbocycles. The number of aromatic nitrogens is 1. The summed E-state index contributed by atoms with van der Waals surface area (Å²) in [7, 11) is 3.44. The highest BCUT2D eigenvalue weighted by Crippen LogP contribution is 2.30. The maximum Gasteiger partial charge on any atom is 0.322 e. The zero-order chi connectivity index (χ0) is 21.4. The molecule has 154 valence electrons. The number of nitrogens with zero attached hydrogens (tertiary/aromatic N) is 2. The van der Waals surface area contributed by atoms with E-state index in [1.54, 1.807) is 36.4 Å². The van der Waals surface area contributed by atoms with Crippen LogP contribution in [0.4, 0.5) is 4.79 Å². The van der Waals surface area contributed by atoms with Crippen LogP contribution in [0.3, 0.4) is 0 Å². The Hall–Kier alpha value is -3.88. The molecule has 9 heteroatoms. The lowest BCUT2D eigenvalue weighted by atomic mass is 10.0. The summed E-state index contributed by atoms with van der Waals surface area (Å²) in [5.74, 6) is 0.852. The molecule has 2 aliphatic heterocycles. The minimum absolute atomic E-state index is 0.0939. The molecule has 4 heterocycles. The third kappa shape index (κ3) is 3.34. The first-order chi connectivity index (χ1) is 14.4. The van der Waals surface area contributed by atoms with E-state index in [0.717, 1.165) is 22.4 Å². The number of hydrogen-bond acceptors (Lipinski definition) is 6. The van der Waals surface area contributed by atoms with Crippen molar-refractivity contribution in [3.8, 4) is 5.75 Å². The molecule has 0 bridgehead atoms. The van der Waals surface area contributed by atoms with Crippen LogP contribution in [0.25, 0.3) is 11.1 Å². The van der Waals surface area contributed by atoms with Gasteiger partial charge in [0.2, 0.25) is 0 Å². The lowest BCUT2D eigenvalue weighted by Crippen LogP contribution is -2.22. The Morgan fingerprint density at radius 3 is 2.70 bits per heavy atom. The van der Waals surface area contributed by atoms with Crippen LogP contribution in [0, 0.1) is 6.92 Å². The Balaban J connectivity index is 0.000000147. The van der Waals surface area contributed by atoms with Gasteiger partial charge in [-0.2, -0.15) is 0 Å². The van der Waals surface area contributed by atoms with E-state index in [0.29, 0.717) is 23.4 Å². The van der Waals surface area contributed by atoms with Crippen molar-refractivity contribution < 1.29 is 23.5 Å². The normalized spacial score (nSPS) is 17.4. The van der Waals surface area contributed by atoms with E-state index in [1.165, 1.54) is 0 Å². The molecule has 1 atom stereocenters. The van der Waals surface area contributed by atoms with Gasteiger partial charge in [0.1, 0.15) is 17.0 Å². The minimum Gasteiger partial charge on any atom is -0.496 e. The van der Waals surface area contributed by atoms with Crippen LogP contribution in [0.15, 0.2) is 40.9 Å². The van der Waals surface area contributed by atoms with Crippen molar-refractivity contribution in [2.75, 3.05) is 14.2 Å². The lowest BCUT2D eigenvalue weighted by Gasteiger charge is -2.08. The number of amides is 4. The number of hydrogen-bond donors (Lipinski definition) is 2. The molecule has 2 N–H and O–H groups in total. The third-order valence-corrected chi connectivity index (χ3v) is 5.05. The predicted molar refractivity (Wildman–Crippen MR) is 107 cm³/mol. The van der Waals surface area contributed by atoms with Gasteiger partial charge in [-0.05, 0) is 30.7 Å². The van der Waals surface area contributed by atoms with E-state index in [9.17, 15) is 14.4 Å². The van der Waals surface area contributed by atoms with Crippen molar-refractivity contribution in [2.45, 2.75) is 19.5 Å². The van der Waals surface area contributed by atoms with E-state index >= 15 is 0 Å². The first kappa shape index (κ1) is 19.4. The topological polar surface area (TPSA) is 114 Å². The molecule has 2 aromatic heterocycles. The number of rotatable bonds is 2. The standard InChI is InChI=1S/C11H13NO2.C10H7N3O3/c1-7-9(14-3)5-4-8-6-12(2)11(13)10(7)8;14-9-8(12-10(15)13-9)7-4-5-6(16-7)2-1-3-11-5/h4-5H,6H2,1-3H3;1-4,8H,(H2,12,13,14,15)/t;8-/m.0/s1. The Morgan fingerprint density at radius 1 is 1.23 bits per heavy atom. The highest BCUT2D eigenvalue weighted by Gasteiger charge is 2.33. The van der Waals surface area contributed by atoms with Crippen LogP contribution in [0.2, 0.25) is 0 Å². The molecule has 1 saturated heterocycles. The van der Waals surface area contributed by atoms with Crippen LogP contribution in [-0.4, -0.2) is 41.9 Å². The SMILES string of the molecule is COc1ccc2c(c1C)C(=O)N(C)C2.O=C1NC(=O)[C@H](c2cc3ncccc3o2)N1. The largest absolute Gasteiger partial charge is 0.496 e. The monoisotopic (exact) mass is 408 g/mol.